The van der Waals surface area contributed by atoms with E-state index in [0.717, 1.165) is 56.1 Å². The number of hydrogen-bond donors (Lipinski definition) is 0. The molecule has 176 valence electrons. The fourth-order valence-electron chi connectivity index (χ4n) is 4.00. The van der Waals surface area contributed by atoms with Crippen molar-refractivity contribution < 1.29 is 14.3 Å². The number of carbonyl (C=O) groups is 1. The van der Waals surface area contributed by atoms with Crippen LogP contribution in [0.1, 0.15) is 108 Å². The van der Waals surface area contributed by atoms with Crippen molar-refractivity contribution in [3.63, 3.8) is 0 Å². The Balaban J connectivity index is 2.08. The van der Waals surface area contributed by atoms with E-state index in [4.69, 9.17) is 9.47 Å². The number of benzene rings is 2. The number of ether oxygens (including phenoxy) is 2. The minimum atomic E-state index is -0.606. The maximum Gasteiger partial charge on any atom is 0.514 e. The van der Waals surface area contributed by atoms with Crippen LogP contribution in [0.4, 0.5) is 4.79 Å². The Labute approximate surface area is 195 Å². The van der Waals surface area contributed by atoms with Crippen LogP contribution in [0, 0.1) is 0 Å². The van der Waals surface area contributed by atoms with Crippen molar-refractivity contribution in [1.29, 1.82) is 0 Å². The second-order valence-electron chi connectivity index (χ2n) is 8.72. The van der Waals surface area contributed by atoms with Gasteiger partial charge in [0.15, 0.2) is 0 Å². The van der Waals surface area contributed by atoms with E-state index in [2.05, 4.69) is 32.9 Å². The SMILES string of the molecule is CCCCCc1ccc(OC(=O)OC(CCCCC)c2ccccc2)c(CCCCC)c1. The average molecular weight is 439 g/mol. The number of rotatable bonds is 15. The quantitative estimate of drug-likeness (QED) is 0.158. The topological polar surface area (TPSA) is 35.5 Å². The Morgan fingerprint density at radius 1 is 0.781 bits per heavy atom. The van der Waals surface area contributed by atoms with Gasteiger partial charge in [0.25, 0.3) is 0 Å². The van der Waals surface area contributed by atoms with E-state index in [1.54, 1.807) is 0 Å². The molecule has 0 aliphatic heterocycles. The lowest BCUT2D eigenvalue weighted by Crippen LogP contribution is -2.16. The van der Waals surface area contributed by atoms with Gasteiger partial charge < -0.3 is 9.47 Å². The van der Waals surface area contributed by atoms with Gasteiger partial charge in [-0.25, -0.2) is 4.79 Å². The zero-order valence-corrected chi connectivity index (χ0v) is 20.4. The van der Waals surface area contributed by atoms with Crippen molar-refractivity contribution in [1.82, 2.24) is 0 Å². The van der Waals surface area contributed by atoms with Crippen LogP contribution >= 0.6 is 0 Å². The predicted octanol–water partition coefficient (Wildman–Crippen LogP) is 8.99. The second kappa shape index (κ2) is 15.5. The third-order valence-corrected chi connectivity index (χ3v) is 5.92. The van der Waals surface area contributed by atoms with Crippen LogP contribution in [0.15, 0.2) is 48.5 Å². The summed E-state index contributed by atoms with van der Waals surface area (Å²) in [5, 5.41) is 0. The van der Waals surface area contributed by atoms with Crippen LogP contribution in [0.5, 0.6) is 5.75 Å². The van der Waals surface area contributed by atoms with E-state index in [0.29, 0.717) is 5.75 Å². The molecule has 2 rings (SSSR count). The van der Waals surface area contributed by atoms with Gasteiger partial charge in [-0.1, -0.05) is 102 Å². The third kappa shape index (κ3) is 9.46. The van der Waals surface area contributed by atoms with Crippen LogP contribution in [0.25, 0.3) is 0 Å². The van der Waals surface area contributed by atoms with Gasteiger partial charge in [0.05, 0.1) is 0 Å². The maximum atomic E-state index is 12.8. The highest BCUT2D eigenvalue weighted by Crippen LogP contribution is 2.27. The van der Waals surface area contributed by atoms with E-state index in [9.17, 15) is 4.79 Å². The molecule has 2 aromatic rings. The van der Waals surface area contributed by atoms with Gasteiger partial charge in [0, 0.05) is 0 Å². The van der Waals surface area contributed by atoms with Gasteiger partial charge in [-0.15, -0.1) is 0 Å². The first-order valence-electron chi connectivity index (χ1n) is 12.7. The summed E-state index contributed by atoms with van der Waals surface area (Å²) in [6.07, 6.45) is 12.3. The molecular weight excluding hydrogens is 396 g/mol. The Hall–Kier alpha value is -2.29. The van der Waals surface area contributed by atoms with E-state index in [-0.39, 0.29) is 6.10 Å². The summed E-state index contributed by atoms with van der Waals surface area (Å²) in [6, 6.07) is 16.3. The van der Waals surface area contributed by atoms with Crippen molar-refractivity contribution in [3.8, 4) is 5.75 Å². The smallest absolute Gasteiger partial charge is 0.426 e. The fourth-order valence-corrected chi connectivity index (χ4v) is 4.00. The van der Waals surface area contributed by atoms with E-state index >= 15 is 0 Å². The Kier molecular flexibility index (Phi) is 12.6. The summed E-state index contributed by atoms with van der Waals surface area (Å²) in [4.78, 5) is 12.8. The fraction of sp³-hybridized carbons (Fsp3) is 0.552. The molecule has 2 aromatic carbocycles. The van der Waals surface area contributed by atoms with Crippen LogP contribution in [0.2, 0.25) is 0 Å². The number of aryl methyl sites for hydroxylation is 2. The summed E-state index contributed by atoms with van der Waals surface area (Å²) >= 11 is 0. The molecule has 3 heteroatoms. The molecule has 0 aliphatic rings. The Morgan fingerprint density at radius 2 is 1.44 bits per heavy atom. The van der Waals surface area contributed by atoms with Gasteiger partial charge in [0.2, 0.25) is 0 Å². The normalized spacial score (nSPS) is 11.8. The lowest BCUT2D eigenvalue weighted by Gasteiger charge is -2.19. The summed E-state index contributed by atoms with van der Waals surface area (Å²) in [5.41, 5.74) is 3.47. The van der Waals surface area contributed by atoms with Gasteiger partial charge in [0.1, 0.15) is 11.9 Å². The first-order chi connectivity index (χ1) is 15.7. The van der Waals surface area contributed by atoms with E-state index in [1.165, 1.54) is 37.7 Å². The molecule has 1 atom stereocenters. The lowest BCUT2D eigenvalue weighted by molar-refractivity contribution is 0.0526. The van der Waals surface area contributed by atoms with Crippen LogP contribution in [0.3, 0.4) is 0 Å². The molecule has 0 aromatic heterocycles. The van der Waals surface area contributed by atoms with Gasteiger partial charge in [-0.2, -0.15) is 0 Å². The lowest BCUT2D eigenvalue weighted by atomic mass is 10.0. The highest BCUT2D eigenvalue weighted by Gasteiger charge is 2.19. The van der Waals surface area contributed by atoms with E-state index in [1.807, 2.05) is 36.4 Å². The number of carbonyl (C=O) groups excluding carboxylic acids is 1. The predicted molar refractivity (Wildman–Crippen MR) is 133 cm³/mol. The minimum Gasteiger partial charge on any atom is -0.426 e. The molecule has 0 fully saturated rings. The third-order valence-electron chi connectivity index (χ3n) is 5.92. The molecule has 0 saturated heterocycles. The zero-order chi connectivity index (χ0) is 23.0. The van der Waals surface area contributed by atoms with E-state index < -0.39 is 6.16 Å². The Morgan fingerprint density at radius 3 is 2.12 bits per heavy atom. The maximum absolute atomic E-state index is 12.8. The monoisotopic (exact) mass is 438 g/mol. The molecule has 1 unspecified atom stereocenters. The summed E-state index contributed by atoms with van der Waals surface area (Å²) in [6.45, 7) is 6.61. The van der Waals surface area contributed by atoms with Crippen molar-refractivity contribution in [2.24, 2.45) is 0 Å². The standard InChI is InChI=1S/C29H42O3/c1-4-7-11-16-24-21-22-28(26(23-24)19-12-8-5-2)32-29(30)31-27(20-13-9-6-3)25-17-14-10-15-18-25/h10,14-15,17-18,21-23,27H,4-9,11-13,16,19-20H2,1-3H3. The molecule has 0 aliphatic carbocycles. The zero-order valence-electron chi connectivity index (χ0n) is 20.4. The van der Waals surface area contributed by atoms with Crippen LogP contribution < -0.4 is 4.74 Å². The molecule has 0 heterocycles. The molecule has 0 bridgehead atoms. The summed E-state index contributed by atoms with van der Waals surface area (Å²) < 4.78 is 11.6. The van der Waals surface area contributed by atoms with Gasteiger partial charge >= 0.3 is 6.16 Å². The molecule has 3 nitrogen and oxygen atoms in total. The first-order valence-corrected chi connectivity index (χ1v) is 12.7. The largest absolute Gasteiger partial charge is 0.514 e. The van der Waals surface area contributed by atoms with Crippen molar-refractivity contribution in [2.75, 3.05) is 0 Å². The summed E-state index contributed by atoms with van der Waals surface area (Å²) in [5.74, 6) is 0.644. The highest BCUT2D eigenvalue weighted by atomic mass is 16.7. The van der Waals surface area contributed by atoms with Crippen molar-refractivity contribution in [3.05, 3.63) is 65.2 Å². The van der Waals surface area contributed by atoms with Crippen molar-refractivity contribution in [2.45, 2.75) is 104 Å². The number of hydrogen-bond acceptors (Lipinski definition) is 3. The number of unbranched alkanes of at least 4 members (excludes halogenated alkanes) is 6. The van der Waals surface area contributed by atoms with Crippen LogP contribution in [-0.4, -0.2) is 6.16 Å². The molecular formula is C29H42O3. The molecule has 0 amide bonds. The second-order valence-corrected chi connectivity index (χ2v) is 8.72. The van der Waals surface area contributed by atoms with Crippen LogP contribution in [-0.2, 0) is 17.6 Å². The molecule has 0 saturated carbocycles. The molecule has 0 spiro atoms. The van der Waals surface area contributed by atoms with Crippen molar-refractivity contribution >= 4 is 6.16 Å². The highest BCUT2D eigenvalue weighted by molar-refractivity contribution is 5.65. The molecule has 0 N–H and O–H groups in total. The van der Waals surface area contributed by atoms with Gasteiger partial charge in [-0.3, -0.25) is 0 Å². The average Bonchev–Trinajstić information content (AvgIpc) is 2.81. The Bertz CT molecular complexity index is 769. The van der Waals surface area contributed by atoms with Gasteiger partial charge in [-0.05, 0) is 61.3 Å². The molecule has 0 radical (unpaired) electrons. The first kappa shape index (κ1) is 26.0. The minimum absolute atomic E-state index is 0.271. The molecule has 32 heavy (non-hydrogen) atoms. The summed E-state index contributed by atoms with van der Waals surface area (Å²) in [7, 11) is 0.